The van der Waals surface area contributed by atoms with Crippen LogP contribution < -0.4 is 10.1 Å². The number of rotatable bonds is 9. The van der Waals surface area contributed by atoms with Gasteiger partial charge >= 0.3 is 0 Å². The van der Waals surface area contributed by atoms with Crippen molar-refractivity contribution < 1.29 is 14.6 Å². The molecule has 1 aromatic carbocycles. The van der Waals surface area contributed by atoms with Gasteiger partial charge in [-0.3, -0.25) is 0 Å². The van der Waals surface area contributed by atoms with E-state index in [0.29, 0.717) is 11.6 Å². The van der Waals surface area contributed by atoms with E-state index < -0.39 is 20.3 Å². The molecule has 0 aliphatic carbocycles. The maximum atomic E-state index is 10.3. The Labute approximate surface area is 239 Å². The molecule has 2 unspecified atom stereocenters. The summed E-state index contributed by atoms with van der Waals surface area (Å²) < 4.78 is 13.9. The summed E-state index contributed by atoms with van der Waals surface area (Å²) in [5, 5.41) is 22.9. The van der Waals surface area contributed by atoms with Crippen molar-refractivity contribution in [2.45, 2.75) is 91.5 Å². The van der Waals surface area contributed by atoms with E-state index in [1.165, 1.54) is 0 Å². The van der Waals surface area contributed by atoms with Gasteiger partial charge in [-0.05, 0) is 45.7 Å². The Balaban J connectivity index is 1.81. The number of anilines is 1. The van der Waals surface area contributed by atoms with Gasteiger partial charge < -0.3 is 19.9 Å². The van der Waals surface area contributed by atoms with E-state index in [4.69, 9.17) is 19.4 Å². The molecule has 1 aliphatic heterocycles. The van der Waals surface area contributed by atoms with Crippen LogP contribution >= 0.6 is 0 Å². The van der Waals surface area contributed by atoms with Crippen molar-refractivity contribution in [2.75, 3.05) is 18.5 Å². The van der Waals surface area contributed by atoms with Gasteiger partial charge in [-0.15, -0.1) is 5.10 Å². The lowest BCUT2D eigenvalue weighted by Crippen LogP contribution is -2.41. The Hall–Kier alpha value is -2.82. The van der Waals surface area contributed by atoms with Crippen molar-refractivity contribution in [1.82, 2.24) is 25.0 Å². The minimum atomic E-state index is -1.50. The first-order valence-electron chi connectivity index (χ1n) is 14.1. The van der Waals surface area contributed by atoms with E-state index in [1.54, 1.807) is 0 Å². The van der Waals surface area contributed by atoms with Crippen LogP contribution in [0.25, 0.3) is 22.8 Å². The zero-order chi connectivity index (χ0) is 29.2. The van der Waals surface area contributed by atoms with Crippen LogP contribution in [0.3, 0.4) is 0 Å². The van der Waals surface area contributed by atoms with Gasteiger partial charge in [-0.1, -0.05) is 57.8 Å². The second-order valence-corrected chi connectivity index (χ2v) is 18.6. The molecule has 3 heterocycles. The van der Waals surface area contributed by atoms with Crippen molar-refractivity contribution >= 4 is 13.9 Å². The van der Waals surface area contributed by atoms with Gasteiger partial charge in [0, 0.05) is 42.0 Å². The van der Waals surface area contributed by atoms with Gasteiger partial charge in [0.05, 0.1) is 25.6 Å². The lowest BCUT2D eigenvalue weighted by Gasteiger charge is -2.33. The number of aromatic nitrogens is 5. The predicted octanol–water partition coefficient (Wildman–Crippen LogP) is 5.48. The minimum Gasteiger partial charge on any atom is -0.487 e. The first-order chi connectivity index (χ1) is 18.7. The molecule has 0 saturated carbocycles. The van der Waals surface area contributed by atoms with Gasteiger partial charge in [-0.2, -0.15) is 0 Å². The number of ether oxygens (including phenoxy) is 2. The Morgan fingerprint density at radius 1 is 1.18 bits per heavy atom. The van der Waals surface area contributed by atoms with E-state index in [0.717, 1.165) is 66.2 Å². The third-order valence-electron chi connectivity index (χ3n) is 7.02. The summed E-state index contributed by atoms with van der Waals surface area (Å²) in [4.78, 5) is 10.1. The van der Waals surface area contributed by atoms with Crippen molar-refractivity contribution in [3.63, 3.8) is 0 Å². The van der Waals surface area contributed by atoms with Gasteiger partial charge in [-0.25, -0.2) is 14.6 Å². The zero-order valence-electron chi connectivity index (χ0n) is 25.3. The van der Waals surface area contributed by atoms with Crippen LogP contribution in [0.4, 0.5) is 5.82 Å². The summed E-state index contributed by atoms with van der Waals surface area (Å²) in [6.45, 7) is 22.4. The topological polar surface area (TPSA) is 107 Å². The van der Waals surface area contributed by atoms with Crippen LogP contribution in [0, 0.1) is 26.2 Å². The van der Waals surface area contributed by atoms with Crippen LogP contribution in [0.2, 0.25) is 19.6 Å². The summed E-state index contributed by atoms with van der Waals surface area (Å²) in [5.74, 6) is 2.02. The standard InChI is InChI=1S/C30H45N6O3Si/c1-19-25(26-20(2)34-35-36(26)18-40(7,8)9)32-29(33-28(19)31-23-13-15-38-16-14-23)22-11-10-12-24(17-22)39-27(21(3)37)30(4,5)6/h10-12,17,21,23,27,37H,3,13-16,18H2,1-2,4-9H3,(H,31,32,33). The minimum absolute atomic E-state index is 0.273. The summed E-state index contributed by atoms with van der Waals surface area (Å²) in [7, 11) is -1.50. The average molecular weight is 566 g/mol. The molecule has 10 heteroatoms. The van der Waals surface area contributed by atoms with E-state index >= 15 is 0 Å². The fourth-order valence-corrected chi connectivity index (χ4v) is 6.11. The van der Waals surface area contributed by atoms with E-state index in [2.05, 4.69) is 49.1 Å². The van der Waals surface area contributed by atoms with Gasteiger partial charge in [0.2, 0.25) is 0 Å². The molecule has 1 radical (unpaired) electrons. The molecule has 2 atom stereocenters. The highest BCUT2D eigenvalue weighted by molar-refractivity contribution is 6.74. The Kier molecular flexibility index (Phi) is 9.01. The maximum Gasteiger partial charge on any atom is 0.162 e. The second-order valence-electron chi connectivity index (χ2n) is 13.1. The summed E-state index contributed by atoms with van der Waals surface area (Å²) in [6.07, 6.45) is 1.34. The highest BCUT2D eigenvalue weighted by Gasteiger charge is 2.31. The molecule has 9 nitrogen and oxygen atoms in total. The quantitative estimate of drug-likeness (QED) is 0.329. The fourth-order valence-electron chi connectivity index (χ4n) is 4.99. The largest absolute Gasteiger partial charge is 0.487 e. The number of benzene rings is 1. The number of hydrogen-bond acceptors (Lipinski definition) is 8. The number of hydrogen-bond donors (Lipinski definition) is 2. The highest BCUT2D eigenvalue weighted by atomic mass is 28.3. The van der Waals surface area contributed by atoms with Crippen molar-refractivity contribution in [2.24, 2.45) is 5.41 Å². The number of nitrogens with one attached hydrogen (secondary N) is 1. The Morgan fingerprint density at radius 2 is 1.88 bits per heavy atom. The second kappa shape index (κ2) is 12.0. The fraction of sp³-hybridized carbons (Fsp3) is 0.567. The molecule has 1 aliphatic rings. The van der Waals surface area contributed by atoms with E-state index in [-0.39, 0.29) is 11.5 Å². The molecule has 0 amide bonds. The number of aliphatic hydroxyl groups is 1. The van der Waals surface area contributed by atoms with Gasteiger partial charge in [0.15, 0.2) is 5.82 Å². The molecule has 40 heavy (non-hydrogen) atoms. The molecule has 1 saturated heterocycles. The van der Waals surface area contributed by atoms with Crippen molar-refractivity contribution in [1.29, 1.82) is 0 Å². The number of nitrogens with zero attached hydrogens (tertiary/aromatic N) is 5. The van der Waals surface area contributed by atoms with Crippen LogP contribution in [0.5, 0.6) is 5.75 Å². The lowest BCUT2D eigenvalue weighted by atomic mass is 9.86. The molecule has 0 spiro atoms. The van der Waals surface area contributed by atoms with Crippen molar-refractivity contribution in [3.05, 3.63) is 42.4 Å². The summed E-state index contributed by atoms with van der Waals surface area (Å²) in [6, 6.07) is 8.00. The maximum absolute atomic E-state index is 10.3. The summed E-state index contributed by atoms with van der Waals surface area (Å²) >= 11 is 0. The molecule has 217 valence electrons. The smallest absolute Gasteiger partial charge is 0.162 e. The van der Waals surface area contributed by atoms with Crippen LogP contribution in [-0.2, 0) is 10.9 Å². The predicted molar refractivity (Wildman–Crippen MR) is 162 cm³/mol. The molecular formula is C30H45N6O3Si. The van der Waals surface area contributed by atoms with Crippen LogP contribution in [0.1, 0.15) is 44.9 Å². The summed E-state index contributed by atoms with van der Waals surface area (Å²) in [5.41, 5.74) is 4.09. The average Bonchev–Trinajstić information content (AvgIpc) is 3.21. The normalized spacial score (nSPS) is 16.6. The SMILES string of the molecule is [CH2]C(O)C(Oc1cccc(-c2nc(NC3CCOCC3)c(C)c(-c3c(C)nnn3C[Si](C)(C)C)n2)c1)C(C)(C)C. The van der Waals surface area contributed by atoms with E-state index in [1.807, 2.05) is 56.6 Å². The molecule has 4 rings (SSSR count). The molecule has 0 bridgehead atoms. The van der Waals surface area contributed by atoms with Crippen molar-refractivity contribution in [3.8, 4) is 28.5 Å². The van der Waals surface area contributed by atoms with Crippen LogP contribution in [-0.4, -0.2) is 69.6 Å². The third kappa shape index (κ3) is 7.27. The molecule has 3 aromatic rings. The first kappa shape index (κ1) is 30.1. The number of aryl methyl sites for hydroxylation is 1. The Morgan fingerprint density at radius 3 is 2.50 bits per heavy atom. The first-order valence-corrected chi connectivity index (χ1v) is 17.9. The highest BCUT2D eigenvalue weighted by Crippen LogP contribution is 2.34. The van der Waals surface area contributed by atoms with Gasteiger partial charge in [0.1, 0.15) is 23.4 Å². The van der Waals surface area contributed by atoms with Gasteiger partial charge in [0.25, 0.3) is 0 Å². The molecule has 2 N–H and O–H groups in total. The number of aliphatic hydroxyl groups excluding tert-OH is 1. The van der Waals surface area contributed by atoms with Crippen LogP contribution in [0.15, 0.2) is 24.3 Å². The third-order valence-corrected chi connectivity index (χ3v) is 8.27. The van der Waals surface area contributed by atoms with E-state index in [9.17, 15) is 5.11 Å². The monoisotopic (exact) mass is 565 g/mol. The zero-order valence-corrected chi connectivity index (χ0v) is 26.3. The molecular weight excluding hydrogens is 520 g/mol. The lowest BCUT2D eigenvalue weighted by molar-refractivity contribution is -0.00481. The Bertz CT molecular complexity index is 1310. The molecule has 2 aromatic heterocycles. The molecule has 1 fully saturated rings.